The molecule has 3 atom stereocenters. The summed E-state index contributed by atoms with van der Waals surface area (Å²) in [4.78, 5) is 7.07. The average Bonchev–Trinajstić information content (AvgIpc) is 3.53. The van der Waals surface area contributed by atoms with Gasteiger partial charge in [0.2, 0.25) is 5.95 Å². The largest absolute Gasteiger partial charge is 0.458 e. The van der Waals surface area contributed by atoms with E-state index < -0.39 is 17.7 Å². The van der Waals surface area contributed by atoms with E-state index in [0.717, 1.165) is 43.8 Å². The number of piperidine rings is 1. The normalized spacial score (nSPS) is 22.1. The van der Waals surface area contributed by atoms with Crippen LogP contribution in [0.1, 0.15) is 24.1 Å². The first-order valence-electron chi connectivity index (χ1n) is 12.0. The third-order valence-corrected chi connectivity index (χ3v) is 8.28. The summed E-state index contributed by atoms with van der Waals surface area (Å²) in [5.74, 6) is -3.57. The Morgan fingerprint density at radius 1 is 1.00 bits per heavy atom. The number of alkyl halides is 5. The first-order valence-corrected chi connectivity index (χ1v) is 12.7. The molecule has 0 spiro atoms. The van der Waals surface area contributed by atoms with Crippen LogP contribution in [0.5, 0.6) is 0 Å². The molecule has 6 rings (SSSR count). The zero-order valence-electron chi connectivity index (χ0n) is 19.7. The Hall–Kier alpha value is -3.28. The molecule has 194 valence electrons. The van der Waals surface area contributed by atoms with Gasteiger partial charge in [-0.2, -0.15) is 31.3 Å². The number of benzene rings is 1. The fourth-order valence-electron chi connectivity index (χ4n) is 5.50. The number of hydrogen-bond acceptors (Lipinski definition) is 6. The SMILES string of the molecule is Cc1cc(N2C[C@H]3CC[C@@H](C2)[C@@H]3Nc2nc3c(-c4ccc(C(F)(F)C(F)(F)F)cc4)cccn3n2)sn1. The monoisotopic (exact) mass is 534 g/mol. The Morgan fingerprint density at radius 3 is 2.32 bits per heavy atom. The fourth-order valence-corrected chi connectivity index (χ4v) is 6.28. The molecule has 1 aliphatic heterocycles. The topological polar surface area (TPSA) is 58.4 Å². The molecule has 1 saturated carbocycles. The number of hydrogen-bond donors (Lipinski definition) is 1. The lowest BCUT2D eigenvalue weighted by Gasteiger charge is -2.38. The standard InChI is InChI=1S/C25H23F5N6S/c1-14-11-20(37-34-14)35-12-16-4-5-17(13-35)21(16)31-23-32-22-19(3-2-10-36(22)33-23)15-6-8-18(9-7-15)24(26,27)25(28,29)30/h2-3,6-11,16-17,21H,4-5,12-13H2,1H3,(H,31,33)/t16-,17+,21-. The summed E-state index contributed by atoms with van der Waals surface area (Å²) in [5.41, 5.74) is 1.48. The van der Waals surface area contributed by atoms with Gasteiger partial charge in [-0.15, -0.1) is 5.10 Å². The van der Waals surface area contributed by atoms with Crippen LogP contribution in [0.3, 0.4) is 0 Å². The van der Waals surface area contributed by atoms with Crippen LogP contribution in [0.25, 0.3) is 16.8 Å². The van der Waals surface area contributed by atoms with E-state index >= 15 is 0 Å². The maximum Gasteiger partial charge on any atom is 0.458 e. The van der Waals surface area contributed by atoms with Gasteiger partial charge in [0, 0.05) is 36.5 Å². The Labute approximate surface area is 213 Å². The van der Waals surface area contributed by atoms with Crippen molar-refractivity contribution in [2.45, 2.75) is 37.9 Å². The van der Waals surface area contributed by atoms with Crippen molar-refractivity contribution in [3.63, 3.8) is 0 Å². The van der Waals surface area contributed by atoms with Gasteiger partial charge in [0.25, 0.3) is 0 Å². The van der Waals surface area contributed by atoms with Gasteiger partial charge in [-0.05, 0) is 66.9 Å². The molecule has 1 aromatic carbocycles. The molecular formula is C25H23F5N6S. The van der Waals surface area contributed by atoms with Crippen LogP contribution in [0, 0.1) is 18.8 Å². The Morgan fingerprint density at radius 2 is 1.70 bits per heavy atom. The summed E-state index contributed by atoms with van der Waals surface area (Å²) >= 11 is 1.53. The number of halogens is 5. The molecule has 0 amide bonds. The summed E-state index contributed by atoms with van der Waals surface area (Å²) in [6, 6.07) is 9.94. The summed E-state index contributed by atoms with van der Waals surface area (Å²) < 4.78 is 71.6. The molecule has 12 heteroatoms. The minimum Gasteiger partial charge on any atom is -0.361 e. The second-order valence-corrected chi connectivity index (χ2v) is 10.5. The molecule has 2 bridgehead atoms. The molecule has 1 aliphatic carbocycles. The maximum atomic E-state index is 13.7. The Bertz CT molecular complexity index is 1420. The first kappa shape index (κ1) is 24.1. The van der Waals surface area contributed by atoms with Crippen molar-refractivity contribution in [1.29, 1.82) is 0 Å². The van der Waals surface area contributed by atoms with Crippen LogP contribution in [-0.4, -0.2) is 44.3 Å². The van der Waals surface area contributed by atoms with Crippen molar-refractivity contribution in [2.24, 2.45) is 11.8 Å². The molecule has 4 heterocycles. The number of nitrogens with zero attached hydrogens (tertiary/aromatic N) is 5. The van der Waals surface area contributed by atoms with Gasteiger partial charge in [-0.1, -0.05) is 24.3 Å². The van der Waals surface area contributed by atoms with E-state index in [1.54, 1.807) is 22.8 Å². The highest BCUT2D eigenvalue weighted by atomic mass is 32.1. The third kappa shape index (κ3) is 4.20. The Balaban J connectivity index is 1.23. The van der Waals surface area contributed by atoms with Crippen molar-refractivity contribution in [3.8, 4) is 11.1 Å². The summed E-state index contributed by atoms with van der Waals surface area (Å²) in [7, 11) is 0. The molecule has 1 N–H and O–H groups in total. The van der Waals surface area contributed by atoms with Gasteiger partial charge in [0.05, 0.1) is 5.69 Å². The molecule has 2 fully saturated rings. The quantitative estimate of drug-likeness (QED) is 0.312. The van der Waals surface area contributed by atoms with Crippen LogP contribution in [0.4, 0.5) is 32.9 Å². The number of pyridine rings is 1. The molecule has 6 nitrogen and oxygen atoms in total. The highest BCUT2D eigenvalue weighted by Gasteiger charge is 2.58. The third-order valence-electron chi connectivity index (χ3n) is 7.33. The van der Waals surface area contributed by atoms with Crippen molar-refractivity contribution < 1.29 is 22.0 Å². The number of nitrogens with one attached hydrogen (secondary N) is 1. The van der Waals surface area contributed by atoms with E-state index in [0.29, 0.717) is 34.6 Å². The van der Waals surface area contributed by atoms with Crippen LogP contribution in [0.15, 0.2) is 48.7 Å². The predicted molar refractivity (Wildman–Crippen MR) is 131 cm³/mol. The number of anilines is 2. The lowest BCUT2D eigenvalue weighted by Crippen LogP contribution is -2.48. The van der Waals surface area contributed by atoms with Crippen molar-refractivity contribution in [2.75, 3.05) is 23.3 Å². The zero-order valence-corrected chi connectivity index (χ0v) is 20.5. The molecule has 4 aromatic rings. The van der Waals surface area contributed by atoms with Crippen LogP contribution in [0.2, 0.25) is 0 Å². The lowest BCUT2D eigenvalue weighted by molar-refractivity contribution is -0.289. The van der Waals surface area contributed by atoms with Gasteiger partial charge in [0.15, 0.2) is 5.65 Å². The van der Waals surface area contributed by atoms with E-state index in [1.165, 1.54) is 28.7 Å². The van der Waals surface area contributed by atoms with E-state index in [2.05, 4.69) is 30.7 Å². The van der Waals surface area contributed by atoms with Crippen molar-refractivity contribution in [1.82, 2.24) is 19.0 Å². The zero-order chi connectivity index (χ0) is 25.9. The second-order valence-electron chi connectivity index (χ2n) is 9.75. The number of aromatic nitrogens is 4. The average molecular weight is 535 g/mol. The lowest BCUT2D eigenvalue weighted by atomic mass is 9.92. The van der Waals surface area contributed by atoms with Crippen LogP contribution < -0.4 is 10.2 Å². The van der Waals surface area contributed by atoms with Gasteiger partial charge < -0.3 is 10.2 Å². The van der Waals surface area contributed by atoms with Crippen LogP contribution >= 0.6 is 11.5 Å². The number of aryl methyl sites for hydroxylation is 1. The molecule has 0 unspecified atom stereocenters. The highest BCUT2D eigenvalue weighted by molar-refractivity contribution is 7.10. The minimum atomic E-state index is -5.66. The molecule has 1 saturated heterocycles. The summed E-state index contributed by atoms with van der Waals surface area (Å²) in [6.45, 7) is 3.87. The van der Waals surface area contributed by atoms with E-state index in [-0.39, 0.29) is 6.04 Å². The summed E-state index contributed by atoms with van der Waals surface area (Å²) in [5, 5.41) is 9.29. The van der Waals surface area contributed by atoms with E-state index in [4.69, 9.17) is 0 Å². The van der Waals surface area contributed by atoms with E-state index in [1.807, 2.05) is 6.92 Å². The summed E-state index contributed by atoms with van der Waals surface area (Å²) in [6.07, 6.45) is -1.70. The van der Waals surface area contributed by atoms with Gasteiger partial charge >= 0.3 is 12.1 Å². The smallest absolute Gasteiger partial charge is 0.361 e. The highest BCUT2D eigenvalue weighted by Crippen LogP contribution is 2.44. The molecule has 0 radical (unpaired) electrons. The van der Waals surface area contributed by atoms with Crippen molar-refractivity contribution >= 4 is 28.1 Å². The van der Waals surface area contributed by atoms with Crippen molar-refractivity contribution in [3.05, 3.63) is 59.9 Å². The first-order chi connectivity index (χ1) is 17.6. The van der Waals surface area contributed by atoms with Gasteiger partial charge in [0.1, 0.15) is 5.00 Å². The van der Waals surface area contributed by atoms with Gasteiger partial charge in [-0.25, -0.2) is 4.52 Å². The second kappa shape index (κ2) is 8.64. The fraction of sp³-hybridized carbons (Fsp3) is 0.400. The number of rotatable bonds is 5. The number of fused-ring (bicyclic) bond motifs is 3. The molecule has 3 aromatic heterocycles. The molecule has 2 aliphatic rings. The minimum absolute atomic E-state index is 0.231. The van der Waals surface area contributed by atoms with E-state index in [9.17, 15) is 22.0 Å². The van der Waals surface area contributed by atoms with Crippen LogP contribution in [-0.2, 0) is 5.92 Å². The predicted octanol–water partition coefficient (Wildman–Crippen LogP) is 6.14. The Kier molecular flexibility index (Phi) is 5.62. The molecule has 37 heavy (non-hydrogen) atoms. The molecular weight excluding hydrogens is 511 g/mol. The van der Waals surface area contributed by atoms with Gasteiger partial charge in [-0.3, -0.25) is 0 Å². The maximum absolute atomic E-state index is 13.7.